The second-order valence-corrected chi connectivity index (χ2v) is 5.64. The molecule has 0 fully saturated rings. The van der Waals surface area contributed by atoms with Crippen LogP contribution in [0.1, 0.15) is 38.9 Å². The summed E-state index contributed by atoms with van der Waals surface area (Å²) in [5.41, 5.74) is 1.58. The number of hydrogen-bond acceptors (Lipinski definition) is 3. The first-order valence-corrected chi connectivity index (χ1v) is 7.42. The van der Waals surface area contributed by atoms with Crippen molar-refractivity contribution >= 4 is 16.9 Å². The highest BCUT2D eigenvalue weighted by Crippen LogP contribution is 2.15. The van der Waals surface area contributed by atoms with E-state index in [0.717, 1.165) is 23.3 Å². The number of para-hydroxylation sites is 2. The van der Waals surface area contributed by atoms with Gasteiger partial charge in [0.2, 0.25) is 5.91 Å². The summed E-state index contributed by atoms with van der Waals surface area (Å²) >= 11 is 0. The number of nitrogens with one attached hydrogen (secondary N) is 2. The number of fused-ring (bicyclic) bond motifs is 1. The molecular formula is C16H23N3O2. The van der Waals surface area contributed by atoms with Gasteiger partial charge in [0, 0.05) is 25.0 Å². The van der Waals surface area contributed by atoms with Gasteiger partial charge in [0.1, 0.15) is 5.82 Å². The van der Waals surface area contributed by atoms with Crippen LogP contribution in [0.5, 0.6) is 0 Å². The second-order valence-electron chi connectivity index (χ2n) is 5.64. The van der Waals surface area contributed by atoms with E-state index in [1.54, 1.807) is 0 Å². The zero-order valence-electron chi connectivity index (χ0n) is 12.6. The number of aliphatic hydroxyl groups is 1. The minimum atomic E-state index is -0.334. The molecule has 5 heteroatoms. The van der Waals surface area contributed by atoms with Crippen molar-refractivity contribution in [3.63, 3.8) is 0 Å². The van der Waals surface area contributed by atoms with Crippen LogP contribution in [-0.4, -0.2) is 33.1 Å². The predicted octanol–water partition coefficient (Wildman–Crippen LogP) is 2.16. The number of benzene rings is 1. The Kier molecular flexibility index (Phi) is 4.96. The molecule has 3 N–H and O–H groups in total. The molecule has 0 saturated carbocycles. The maximum atomic E-state index is 12.0. The van der Waals surface area contributed by atoms with E-state index in [4.69, 9.17) is 5.11 Å². The monoisotopic (exact) mass is 289 g/mol. The van der Waals surface area contributed by atoms with Crippen molar-refractivity contribution in [1.29, 1.82) is 0 Å². The van der Waals surface area contributed by atoms with Crippen LogP contribution in [0.25, 0.3) is 11.0 Å². The van der Waals surface area contributed by atoms with Crippen molar-refractivity contribution in [2.45, 2.75) is 45.1 Å². The molecule has 0 bridgehead atoms. The van der Waals surface area contributed by atoms with Gasteiger partial charge in [0.25, 0.3) is 0 Å². The summed E-state index contributed by atoms with van der Waals surface area (Å²) in [5.74, 6) is 0.819. The van der Waals surface area contributed by atoms with Gasteiger partial charge in [-0.3, -0.25) is 4.79 Å². The molecule has 2 aromatic rings. The van der Waals surface area contributed by atoms with Crippen molar-refractivity contribution in [2.24, 2.45) is 0 Å². The van der Waals surface area contributed by atoms with E-state index in [2.05, 4.69) is 15.3 Å². The van der Waals surface area contributed by atoms with Crippen molar-refractivity contribution in [3.8, 4) is 0 Å². The molecule has 0 radical (unpaired) electrons. The van der Waals surface area contributed by atoms with E-state index in [9.17, 15) is 4.79 Å². The van der Waals surface area contributed by atoms with E-state index < -0.39 is 0 Å². The largest absolute Gasteiger partial charge is 0.396 e. The van der Waals surface area contributed by atoms with Gasteiger partial charge in [0.15, 0.2) is 0 Å². The standard InChI is InChI=1S/C16H23N3O2/c1-3-16(2,10-11-20)19-15(21)9-8-14-17-12-6-4-5-7-13(12)18-14/h4-7,20H,3,8-11H2,1-2H3,(H,17,18)(H,19,21). The first-order chi connectivity index (χ1) is 10.1. The van der Waals surface area contributed by atoms with Crippen LogP contribution in [0.15, 0.2) is 24.3 Å². The average molecular weight is 289 g/mol. The predicted molar refractivity (Wildman–Crippen MR) is 83.0 cm³/mol. The fourth-order valence-corrected chi connectivity index (χ4v) is 2.33. The number of carbonyl (C=O) groups excluding carboxylic acids is 1. The Hall–Kier alpha value is -1.88. The van der Waals surface area contributed by atoms with Crippen LogP contribution in [-0.2, 0) is 11.2 Å². The van der Waals surface area contributed by atoms with Gasteiger partial charge in [-0.1, -0.05) is 19.1 Å². The molecule has 1 aromatic carbocycles. The number of H-pyrrole nitrogens is 1. The number of nitrogens with zero attached hydrogens (tertiary/aromatic N) is 1. The average Bonchev–Trinajstić information content (AvgIpc) is 2.88. The van der Waals surface area contributed by atoms with Gasteiger partial charge in [-0.25, -0.2) is 4.98 Å². The van der Waals surface area contributed by atoms with Gasteiger partial charge in [-0.15, -0.1) is 0 Å². The summed E-state index contributed by atoms with van der Waals surface area (Å²) in [7, 11) is 0. The molecule has 114 valence electrons. The van der Waals surface area contributed by atoms with Crippen LogP contribution in [0.2, 0.25) is 0 Å². The third-order valence-electron chi connectivity index (χ3n) is 3.91. The van der Waals surface area contributed by atoms with Gasteiger partial charge < -0.3 is 15.4 Å². The molecule has 1 unspecified atom stereocenters. The Morgan fingerprint density at radius 3 is 2.86 bits per heavy atom. The van der Waals surface area contributed by atoms with Gasteiger partial charge in [-0.2, -0.15) is 0 Å². The lowest BCUT2D eigenvalue weighted by Crippen LogP contribution is -2.46. The zero-order valence-corrected chi connectivity index (χ0v) is 12.6. The smallest absolute Gasteiger partial charge is 0.220 e. The Balaban J connectivity index is 1.91. The highest BCUT2D eigenvalue weighted by atomic mass is 16.3. The Morgan fingerprint density at radius 1 is 1.43 bits per heavy atom. The van der Waals surface area contributed by atoms with Crippen molar-refractivity contribution in [1.82, 2.24) is 15.3 Å². The number of hydrogen-bond donors (Lipinski definition) is 3. The third-order valence-corrected chi connectivity index (χ3v) is 3.91. The molecule has 1 atom stereocenters. The maximum absolute atomic E-state index is 12.0. The minimum absolute atomic E-state index is 0.00624. The lowest BCUT2D eigenvalue weighted by molar-refractivity contribution is -0.123. The first kappa shape index (κ1) is 15.5. The fourth-order valence-electron chi connectivity index (χ4n) is 2.33. The molecular weight excluding hydrogens is 266 g/mol. The molecule has 1 heterocycles. The molecule has 2 rings (SSSR count). The summed E-state index contributed by atoms with van der Waals surface area (Å²) in [6.07, 6.45) is 2.34. The van der Waals surface area contributed by atoms with Crippen molar-refractivity contribution in [3.05, 3.63) is 30.1 Å². The fraction of sp³-hybridized carbons (Fsp3) is 0.500. The van der Waals surface area contributed by atoms with Crippen LogP contribution in [0, 0.1) is 0 Å². The number of aromatic amines is 1. The van der Waals surface area contributed by atoms with Crippen LogP contribution < -0.4 is 5.32 Å². The molecule has 0 aliphatic carbocycles. The Morgan fingerprint density at radius 2 is 2.19 bits per heavy atom. The van der Waals surface area contributed by atoms with E-state index in [1.165, 1.54) is 0 Å². The lowest BCUT2D eigenvalue weighted by Gasteiger charge is -2.29. The number of carbonyl (C=O) groups is 1. The summed E-state index contributed by atoms with van der Waals surface area (Å²) < 4.78 is 0. The zero-order chi connectivity index (χ0) is 15.3. The quantitative estimate of drug-likeness (QED) is 0.731. The number of rotatable bonds is 7. The van der Waals surface area contributed by atoms with Crippen LogP contribution in [0.4, 0.5) is 0 Å². The molecule has 0 saturated heterocycles. The third kappa shape index (κ3) is 4.04. The summed E-state index contributed by atoms with van der Waals surface area (Å²) in [5, 5.41) is 12.1. The lowest BCUT2D eigenvalue weighted by atomic mass is 9.94. The Labute approximate surface area is 124 Å². The van der Waals surface area contributed by atoms with Crippen LogP contribution in [0.3, 0.4) is 0 Å². The maximum Gasteiger partial charge on any atom is 0.220 e. The number of aromatic nitrogens is 2. The minimum Gasteiger partial charge on any atom is -0.396 e. The molecule has 0 aliphatic heterocycles. The molecule has 5 nitrogen and oxygen atoms in total. The van der Waals surface area contributed by atoms with Gasteiger partial charge >= 0.3 is 0 Å². The first-order valence-electron chi connectivity index (χ1n) is 7.42. The summed E-state index contributed by atoms with van der Waals surface area (Å²) in [6, 6.07) is 7.83. The van der Waals surface area contributed by atoms with Crippen molar-refractivity contribution < 1.29 is 9.90 Å². The van der Waals surface area contributed by atoms with E-state index >= 15 is 0 Å². The molecule has 0 aliphatic rings. The molecule has 1 amide bonds. The topological polar surface area (TPSA) is 78.0 Å². The van der Waals surface area contributed by atoms with Crippen molar-refractivity contribution in [2.75, 3.05) is 6.61 Å². The number of aliphatic hydroxyl groups excluding tert-OH is 1. The summed E-state index contributed by atoms with van der Waals surface area (Å²) in [4.78, 5) is 19.7. The highest BCUT2D eigenvalue weighted by Gasteiger charge is 2.23. The summed E-state index contributed by atoms with van der Waals surface area (Å²) in [6.45, 7) is 4.05. The molecule has 1 aromatic heterocycles. The normalized spacial score (nSPS) is 14.0. The number of imidazole rings is 1. The van der Waals surface area contributed by atoms with Gasteiger partial charge in [-0.05, 0) is 31.9 Å². The number of aryl methyl sites for hydroxylation is 1. The SMILES string of the molecule is CCC(C)(CCO)NC(=O)CCc1nc2ccccc2[nH]1. The van der Waals surface area contributed by atoms with E-state index in [1.807, 2.05) is 38.1 Å². The van der Waals surface area contributed by atoms with E-state index in [-0.39, 0.29) is 18.1 Å². The second kappa shape index (κ2) is 6.72. The molecule has 21 heavy (non-hydrogen) atoms. The van der Waals surface area contributed by atoms with E-state index in [0.29, 0.717) is 19.3 Å². The van der Waals surface area contributed by atoms with Gasteiger partial charge in [0.05, 0.1) is 11.0 Å². The number of amides is 1. The molecule has 0 spiro atoms. The highest BCUT2D eigenvalue weighted by molar-refractivity contribution is 5.77. The Bertz CT molecular complexity index is 575. The van der Waals surface area contributed by atoms with Crippen LogP contribution >= 0.6 is 0 Å².